The summed E-state index contributed by atoms with van der Waals surface area (Å²) in [6.45, 7) is 6.23. The number of halogens is 1. The molecule has 1 aliphatic heterocycles. The van der Waals surface area contributed by atoms with Gasteiger partial charge in [0.15, 0.2) is 0 Å². The number of rotatable bonds is 4. The van der Waals surface area contributed by atoms with E-state index in [4.69, 9.17) is 16.0 Å². The number of piperazine rings is 1. The lowest BCUT2D eigenvalue weighted by Crippen LogP contribution is -2.46. The van der Waals surface area contributed by atoms with Gasteiger partial charge in [-0.1, -0.05) is 35.9 Å². The average molecular weight is 384 g/mol. The third-order valence-electron chi connectivity index (χ3n) is 4.97. The molecule has 0 aliphatic carbocycles. The van der Waals surface area contributed by atoms with Crippen LogP contribution in [0.4, 0.5) is 5.69 Å². The summed E-state index contributed by atoms with van der Waals surface area (Å²) in [5.41, 5.74) is 2.66. The number of phenols is 1. The predicted octanol–water partition coefficient (Wildman–Crippen LogP) is 4.33. The van der Waals surface area contributed by atoms with Crippen LogP contribution < -0.4 is 4.90 Å². The minimum Gasteiger partial charge on any atom is -0.506 e. The molecule has 2 aromatic carbocycles. The van der Waals surface area contributed by atoms with Crippen LogP contribution in [-0.2, 0) is 6.54 Å². The third-order valence-corrected chi connectivity index (χ3v) is 5.29. The predicted molar refractivity (Wildman–Crippen MR) is 107 cm³/mol. The molecule has 5 nitrogen and oxygen atoms in total. The molecule has 0 spiro atoms. The zero-order valence-corrected chi connectivity index (χ0v) is 16.0. The third kappa shape index (κ3) is 3.80. The van der Waals surface area contributed by atoms with Gasteiger partial charge in [0.05, 0.1) is 22.0 Å². The molecule has 0 radical (unpaired) electrons. The van der Waals surface area contributed by atoms with Crippen LogP contribution in [0.1, 0.15) is 11.5 Å². The van der Waals surface area contributed by atoms with Crippen molar-refractivity contribution in [3.63, 3.8) is 0 Å². The van der Waals surface area contributed by atoms with Gasteiger partial charge in [0.25, 0.3) is 0 Å². The number of hydrogen-bond acceptors (Lipinski definition) is 5. The first-order valence-electron chi connectivity index (χ1n) is 9.08. The number of oxazole rings is 1. The molecule has 0 atom stereocenters. The number of aromatic nitrogens is 1. The Morgan fingerprint density at radius 1 is 1.04 bits per heavy atom. The summed E-state index contributed by atoms with van der Waals surface area (Å²) < 4.78 is 5.86. The zero-order chi connectivity index (χ0) is 18.8. The molecule has 2 heterocycles. The smallest absolute Gasteiger partial charge is 0.228 e. The molecule has 0 amide bonds. The number of anilines is 1. The number of aromatic hydroxyl groups is 1. The monoisotopic (exact) mass is 383 g/mol. The van der Waals surface area contributed by atoms with Crippen molar-refractivity contribution in [1.82, 2.24) is 9.88 Å². The molecular weight excluding hydrogens is 362 g/mol. The first-order chi connectivity index (χ1) is 13.1. The van der Waals surface area contributed by atoms with Gasteiger partial charge in [-0.05, 0) is 31.2 Å². The fourth-order valence-corrected chi connectivity index (χ4v) is 3.63. The Hall–Kier alpha value is -2.50. The SMILES string of the molecule is Cc1oc(-c2ccccc2Cl)nc1CN1CCN(c2ccccc2O)CC1. The topological polar surface area (TPSA) is 52.7 Å². The van der Waals surface area contributed by atoms with Crippen LogP contribution in [0.3, 0.4) is 0 Å². The van der Waals surface area contributed by atoms with Crippen LogP contribution in [0, 0.1) is 6.92 Å². The second kappa shape index (κ2) is 7.62. The Balaban J connectivity index is 1.43. The number of phenolic OH excluding ortho intramolecular Hbond substituents is 1. The molecule has 0 unspecified atom stereocenters. The van der Waals surface area contributed by atoms with E-state index in [2.05, 4.69) is 14.8 Å². The summed E-state index contributed by atoms with van der Waals surface area (Å²) in [6, 6.07) is 15.1. The Labute approximate surface area is 163 Å². The van der Waals surface area contributed by atoms with Crippen molar-refractivity contribution < 1.29 is 9.52 Å². The van der Waals surface area contributed by atoms with E-state index >= 15 is 0 Å². The average Bonchev–Trinajstić information content (AvgIpc) is 3.03. The molecular formula is C21H22ClN3O2. The van der Waals surface area contributed by atoms with Gasteiger partial charge < -0.3 is 14.4 Å². The molecule has 27 heavy (non-hydrogen) atoms. The molecule has 4 rings (SSSR count). The highest BCUT2D eigenvalue weighted by Gasteiger charge is 2.21. The highest BCUT2D eigenvalue weighted by atomic mass is 35.5. The van der Waals surface area contributed by atoms with Gasteiger partial charge >= 0.3 is 0 Å². The lowest BCUT2D eigenvalue weighted by Gasteiger charge is -2.36. The van der Waals surface area contributed by atoms with Crippen molar-refractivity contribution in [2.45, 2.75) is 13.5 Å². The molecule has 1 saturated heterocycles. The van der Waals surface area contributed by atoms with Crippen molar-refractivity contribution in [3.8, 4) is 17.2 Å². The van der Waals surface area contributed by atoms with Gasteiger partial charge in [-0.25, -0.2) is 4.98 Å². The van der Waals surface area contributed by atoms with Crippen LogP contribution >= 0.6 is 11.6 Å². The zero-order valence-electron chi connectivity index (χ0n) is 15.2. The highest BCUT2D eigenvalue weighted by Crippen LogP contribution is 2.30. The molecule has 0 bridgehead atoms. The van der Waals surface area contributed by atoms with E-state index < -0.39 is 0 Å². The second-order valence-electron chi connectivity index (χ2n) is 6.75. The molecule has 3 aromatic rings. The summed E-state index contributed by atoms with van der Waals surface area (Å²) in [5.74, 6) is 1.73. The van der Waals surface area contributed by atoms with E-state index in [0.717, 1.165) is 55.4 Å². The van der Waals surface area contributed by atoms with E-state index in [-0.39, 0.29) is 0 Å². The highest BCUT2D eigenvalue weighted by molar-refractivity contribution is 6.33. The number of hydrogen-bond donors (Lipinski definition) is 1. The Morgan fingerprint density at radius 2 is 1.74 bits per heavy atom. The normalized spacial score (nSPS) is 15.3. The number of nitrogens with zero attached hydrogens (tertiary/aromatic N) is 3. The van der Waals surface area contributed by atoms with Gasteiger partial charge in [-0.15, -0.1) is 0 Å². The molecule has 0 saturated carbocycles. The Morgan fingerprint density at radius 3 is 2.48 bits per heavy atom. The van der Waals surface area contributed by atoms with E-state index in [0.29, 0.717) is 16.7 Å². The van der Waals surface area contributed by atoms with Crippen molar-refractivity contribution in [3.05, 3.63) is 65.0 Å². The van der Waals surface area contributed by atoms with Crippen LogP contribution in [0.15, 0.2) is 52.9 Å². The van der Waals surface area contributed by atoms with E-state index in [1.807, 2.05) is 49.4 Å². The second-order valence-corrected chi connectivity index (χ2v) is 7.16. The molecule has 1 N–H and O–H groups in total. The van der Waals surface area contributed by atoms with Gasteiger partial charge in [0, 0.05) is 32.7 Å². The number of para-hydroxylation sites is 2. The Bertz CT molecular complexity index is 933. The van der Waals surface area contributed by atoms with E-state index in [9.17, 15) is 5.11 Å². The van der Waals surface area contributed by atoms with Crippen LogP contribution in [-0.4, -0.2) is 41.2 Å². The molecule has 6 heteroatoms. The molecule has 140 valence electrons. The summed E-state index contributed by atoms with van der Waals surface area (Å²) in [4.78, 5) is 9.26. The molecule has 1 fully saturated rings. The van der Waals surface area contributed by atoms with Gasteiger partial charge in [-0.2, -0.15) is 0 Å². The maximum absolute atomic E-state index is 10.0. The van der Waals surface area contributed by atoms with Gasteiger partial charge in [0.1, 0.15) is 11.5 Å². The quantitative estimate of drug-likeness (QED) is 0.726. The van der Waals surface area contributed by atoms with E-state index in [1.165, 1.54) is 0 Å². The summed E-state index contributed by atoms with van der Waals surface area (Å²) in [6.07, 6.45) is 0. The van der Waals surface area contributed by atoms with Crippen molar-refractivity contribution in [2.24, 2.45) is 0 Å². The van der Waals surface area contributed by atoms with Crippen LogP contribution in [0.5, 0.6) is 5.75 Å². The maximum atomic E-state index is 10.0. The van der Waals surface area contributed by atoms with Crippen molar-refractivity contribution >= 4 is 17.3 Å². The number of benzene rings is 2. The van der Waals surface area contributed by atoms with Crippen LogP contribution in [0.25, 0.3) is 11.5 Å². The lowest BCUT2D eigenvalue weighted by atomic mass is 10.2. The summed E-state index contributed by atoms with van der Waals surface area (Å²) in [5, 5.41) is 10.7. The minimum atomic E-state index is 0.336. The molecule has 1 aliphatic rings. The lowest BCUT2D eigenvalue weighted by molar-refractivity contribution is 0.245. The standard InChI is InChI=1S/C21H22ClN3O2/c1-15-18(23-21(27-15)16-6-2-3-7-17(16)22)14-24-10-12-25(13-11-24)19-8-4-5-9-20(19)26/h2-9,26H,10-14H2,1H3. The summed E-state index contributed by atoms with van der Waals surface area (Å²) in [7, 11) is 0. The van der Waals surface area contributed by atoms with E-state index in [1.54, 1.807) is 6.07 Å². The maximum Gasteiger partial charge on any atom is 0.228 e. The first kappa shape index (κ1) is 17.9. The van der Waals surface area contributed by atoms with Crippen LogP contribution in [0.2, 0.25) is 5.02 Å². The molecule has 1 aromatic heterocycles. The fourth-order valence-electron chi connectivity index (χ4n) is 3.41. The van der Waals surface area contributed by atoms with Crippen molar-refractivity contribution in [1.29, 1.82) is 0 Å². The van der Waals surface area contributed by atoms with Gasteiger partial charge in [0.2, 0.25) is 5.89 Å². The fraction of sp³-hybridized carbons (Fsp3) is 0.286. The summed E-state index contributed by atoms with van der Waals surface area (Å²) >= 11 is 6.26. The Kier molecular flexibility index (Phi) is 5.05. The number of aryl methyl sites for hydroxylation is 1. The first-order valence-corrected chi connectivity index (χ1v) is 9.46. The van der Waals surface area contributed by atoms with Gasteiger partial charge in [-0.3, -0.25) is 4.90 Å². The largest absolute Gasteiger partial charge is 0.506 e. The minimum absolute atomic E-state index is 0.336. The van der Waals surface area contributed by atoms with Crippen molar-refractivity contribution in [2.75, 3.05) is 31.1 Å².